The maximum absolute atomic E-state index is 13.0. The lowest BCUT2D eigenvalue weighted by Gasteiger charge is -2.30. The number of nitrogens with one attached hydrogen (secondary N) is 1. The van der Waals surface area contributed by atoms with E-state index in [4.69, 9.17) is 14.2 Å². The van der Waals surface area contributed by atoms with Crippen LogP contribution < -0.4 is 25.4 Å². The number of fused-ring (bicyclic) bond motifs is 2. The summed E-state index contributed by atoms with van der Waals surface area (Å²) in [6.07, 6.45) is 0. The highest BCUT2D eigenvalue weighted by molar-refractivity contribution is 6.07. The molecule has 1 N–H and O–H groups in total. The second-order valence-corrected chi connectivity index (χ2v) is 7.38. The van der Waals surface area contributed by atoms with Crippen LogP contribution in [-0.4, -0.2) is 48.1 Å². The Morgan fingerprint density at radius 1 is 0.967 bits per heavy atom. The topological polar surface area (TPSA) is 87.0 Å². The third-order valence-electron chi connectivity index (χ3n) is 5.62. The van der Waals surface area contributed by atoms with Crippen LogP contribution in [0.5, 0.6) is 11.5 Å². The number of anilines is 2. The highest BCUT2D eigenvalue weighted by Gasteiger charge is 2.22. The molecule has 9 nitrogen and oxygen atoms in total. The SMILES string of the molecule is Cn1c(=O)n(C)c2cc(N3CCOCC3)c(NC(=O)c3ccc4c(c3)OCO4)cc21. The van der Waals surface area contributed by atoms with E-state index < -0.39 is 0 Å². The van der Waals surface area contributed by atoms with Crippen LogP contribution in [0.1, 0.15) is 10.4 Å². The van der Waals surface area contributed by atoms with Gasteiger partial charge in [0, 0.05) is 32.7 Å². The molecular weight excluding hydrogens is 388 g/mol. The average Bonchev–Trinajstić information content (AvgIpc) is 3.32. The number of aryl methyl sites for hydroxylation is 2. The van der Waals surface area contributed by atoms with Crippen molar-refractivity contribution in [2.75, 3.05) is 43.3 Å². The summed E-state index contributed by atoms with van der Waals surface area (Å²) >= 11 is 0. The molecule has 0 atom stereocenters. The minimum atomic E-state index is -0.261. The lowest BCUT2D eigenvalue weighted by molar-refractivity contribution is 0.102. The molecule has 0 aliphatic carbocycles. The molecule has 1 saturated heterocycles. The maximum Gasteiger partial charge on any atom is 0.328 e. The van der Waals surface area contributed by atoms with Crippen molar-refractivity contribution in [2.45, 2.75) is 0 Å². The average molecular weight is 410 g/mol. The zero-order valence-corrected chi connectivity index (χ0v) is 16.8. The van der Waals surface area contributed by atoms with Crippen LogP contribution in [0.4, 0.5) is 11.4 Å². The lowest BCUT2D eigenvalue weighted by Crippen LogP contribution is -2.36. The Labute approximate surface area is 172 Å². The number of aromatic nitrogens is 2. The van der Waals surface area contributed by atoms with Gasteiger partial charge in [0.25, 0.3) is 5.91 Å². The fourth-order valence-corrected chi connectivity index (χ4v) is 3.93. The number of benzene rings is 2. The molecule has 156 valence electrons. The summed E-state index contributed by atoms with van der Waals surface area (Å²) in [6.45, 7) is 2.79. The van der Waals surface area contributed by atoms with Crippen LogP contribution in [0.25, 0.3) is 11.0 Å². The first-order valence-corrected chi connectivity index (χ1v) is 9.76. The highest BCUT2D eigenvalue weighted by atomic mass is 16.7. The van der Waals surface area contributed by atoms with Crippen LogP contribution in [0.2, 0.25) is 0 Å². The second kappa shape index (κ2) is 7.10. The number of amides is 1. The molecule has 5 rings (SSSR count). The molecule has 0 unspecified atom stereocenters. The van der Waals surface area contributed by atoms with Gasteiger partial charge in [0.15, 0.2) is 11.5 Å². The molecule has 0 spiro atoms. The van der Waals surface area contributed by atoms with Crippen molar-refractivity contribution in [1.29, 1.82) is 0 Å². The molecule has 2 aromatic carbocycles. The predicted octanol–water partition coefficient (Wildman–Crippen LogP) is 1.69. The first-order valence-electron chi connectivity index (χ1n) is 9.76. The number of ether oxygens (including phenoxy) is 3. The third-order valence-corrected chi connectivity index (χ3v) is 5.62. The summed E-state index contributed by atoms with van der Waals surface area (Å²) in [7, 11) is 3.47. The Morgan fingerprint density at radius 2 is 1.67 bits per heavy atom. The van der Waals surface area contributed by atoms with Gasteiger partial charge in [-0.2, -0.15) is 0 Å². The number of hydrogen-bond acceptors (Lipinski definition) is 6. The summed E-state index contributed by atoms with van der Waals surface area (Å²) in [5, 5.41) is 3.02. The number of carbonyl (C=O) groups excluding carboxylic acids is 1. The van der Waals surface area contributed by atoms with Crippen LogP contribution in [0.3, 0.4) is 0 Å². The number of rotatable bonds is 3. The Morgan fingerprint density at radius 3 is 2.43 bits per heavy atom. The van der Waals surface area contributed by atoms with E-state index in [-0.39, 0.29) is 18.4 Å². The first kappa shape index (κ1) is 18.6. The number of nitrogens with zero attached hydrogens (tertiary/aromatic N) is 3. The molecule has 1 amide bonds. The molecule has 2 aliphatic rings. The van der Waals surface area contributed by atoms with E-state index in [0.29, 0.717) is 49.1 Å². The predicted molar refractivity (Wildman–Crippen MR) is 112 cm³/mol. The standard InChI is InChI=1S/C21H22N4O5/c1-23-16-10-14(22-20(26)13-3-4-18-19(9-13)30-12-29-18)15(25-5-7-28-8-6-25)11-17(16)24(2)21(23)27/h3-4,9-11H,5-8,12H2,1-2H3,(H,22,26). The number of imidazole rings is 1. The van der Waals surface area contributed by atoms with Crippen molar-refractivity contribution in [3.8, 4) is 11.5 Å². The number of morpholine rings is 1. The fraction of sp³-hybridized carbons (Fsp3) is 0.333. The van der Waals surface area contributed by atoms with Crippen LogP contribution >= 0.6 is 0 Å². The molecule has 0 bridgehead atoms. The largest absolute Gasteiger partial charge is 0.454 e. The van der Waals surface area contributed by atoms with Crippen molar-refractivity contribution >= 4 is 28.3 Å². The van der Waals surface area contributed by atoms with E-state index in [1.165, 1.54) is 0 Å². The minimum Gasteiger partial charge on any atom is -0.454 e. The van der Waals surface area contributed by atoms with Gasteiger partial charge in [0.05, 0.1) is 35.6 Å². The summed E-state index contributed by atoms with van der Waals surface area (Å²) < 4.78 is 19.4. The quantitative estimate of drug-likeness (QED) is 0.707. The van der Waals surface area contributed by atoms with Crippen LogP contribution in [0, 0.1) is 0 Å². The van der Waals surface area contributed by atoms with Gasteiger partial charge in [-0.05, 0) is 30.3 Å². The second-order valence-electron chi connectivity index (χ2n) is 7.38. The Kier molecular flexibility index (Phi) is 4.39. The monoisotopic (exact) mass is 410 g/mol. The van der Waals surface area contributed by atoms with Gasteiger partial charge in [0.2, 0.25) is 6.79 Å². The Hall–Kier alpha value is -3.46. The molecule has 1 aromatic heterocycles. The molecule has 2 aliphatic heterocycles. The Balaban J connectivity index is 1.56. The van der Waals surface area contributed by atoms with E-state index in [0.717, 1.165) is 16.7 Å². The minimum absolute atomic E-state index is 0.114. The smallest absolute Gasteiger partial charge is 0.328 e. The maximum atomic E-state index is 13.0. The van der Waals surface area contributed by atoms with Gasteiger partial charge in [-0.15, -0.1) is 0 Å². The van der Waals surface area contributed by atoms with E-state index in [1.807, 2.05) is 12.1 Å². The van der Waals surface area contributed by atoms with Crippen LogP contribution in [-0.2, 0) is 18.8 Å². The number of hydrogen-bond donors (Lipinski definition) is 1. The highest BCUT2D eigenvalue weighted by Crippen LogP contribution is 2.34. The summed E-state index contributed by atoms with van der Waals surface area (Å²) in [5.74, 6) is 0.918. The van der Waals surface area contributed by atoms with Gasteiger partial charge in [-0.1, -0.05) is 0 Å². The molecule has 0 radical (unpaired) electrons. The van der Waals surface area contributed by atoms with E-state index in [2.05, 4.69) is 10.2 Å². The zero-order valence-electron chi connectivity index (χ0n) is 16.8. The van der Waals surface area contributed by atoms with Gasteiger partial charge < -0.3 is 24.4 Å². The van der Waals surface area contributed by atoms with E-state index >= 15 is 0 Å². The molecule has 1 fully saturated rings. The zero-order chi connectivity index (χ0) is 20.8. The third kappa shape index (κ3) is 2.98. The first-order chi connectivity index (χ1) is 14.5. The van der Waals surface area contributed by atoms with E-state index in [1.54, 1.807) is 41.4 Å². The van der Waals surface area contributed by atoms with Crippen molar-refractivity contribution in [3.05, 3.63) is 46.4 Å². The molecular formula is C21H22N4O5. The molecule has 3 aromatic rings. The van der Waals surface area contributed by atoms with Crippen molar-refractivity contribution in [2.24, 2.45) is 14.1 Å². The van der Waals surface area contributed by atoms with E-state index in [9.17, 15) is 9.59 Å². The summed E-state index contributed by atoms with van der Waals surface area (Å²) in [6, 6.07) is 8.91. The summed E-state index contributed by atoms with van der Waals surface area (Å²) in [4.78, 5) is 27.6. The van der Waals surface area contributed by atoms with Crippen molar-refractivity contribution in [1.82, 2.24) is 9.13 Å². The summed E-state index contributed by atoms with van der Waals surface area (Å²) in [5.41, 5.74) is 3.42. The molecule has 3 heterocycles. The van der Waals surface area contributed by atoms with Crippen molar-refractivity contribution < 1.29 is 19.0 Å². The lowest BCUT2D eigenvalue weighted by atomic mass is 10.1. The molecule has 30 heavy (non-hydrogen) atoms. The number of carbonyl (C=O) groups is 1. The van der Waals surface area contributed by atoms with Gasteiger partial charge in [-0.3, -0.25) is 13.9 Å². The Bertz CT molecular complexity index is 1210. The van der Waals surface area contributed by atoms with Gasteiger partial charge in [-0.25, -0.2) is 4.79 Å². The van der Waals surface area contributed by atoms with Crippen molar-refractivity contribution in [3.63, 3.8) is 0 Å². The normalized spacial score (nSPS) is 15.6. The molecule has 9 heteroatoms. The van der Waals surface area contributed by atoms with Gasteiger partial charge in [0.1, 0.15) is 0 Å². The van der Waals surface area contributed by atoms with Gasteiger partial charge >= 0.3 is 5.69 Å². The fourth-order valence-electron chi connectivity index (χ4n) is 3.93. The molecule has 0 saturated carbocycles. The van der Waals surface area contributed by atoms with Crippen LogP contribution in [0.15, 0.2) is 35.1 Å².